The molecule has 20 heavy (non-hydrogen) atoms. The SMILES string of the molecule is Cc1cc(N)sc1-c1nc(-c2ccc(Cl)c(Br)c2)no1. The van der Waals surface area contributed by atoms with E-state index in [1.165, 1.54) is 11.3 Å². The second-order valence-corrected chi connectivity index (χ2v) is 6.56. The molecule has 4 nitrogen and oxygen atoms in total. The topological polar surface area (TPSA) is 64.9 Å². The van der Waals surface area contributed by atoms with Gasteiger partial charge in [0, 0.05) is 10.0 Å². The maximum Gasteiger partial charge on any atom is 0.268 e. The van der Waals surface area contributed by atoms with Crippen LogP contribution in [0.2, 0.25) is 5.02 Å². The Labute approximate surface area is 132 Å². The first-order chi connectivity index (χ1) is 9.54. The number of aromatic nitrogens is 2. The molecule has 0 spiro atoms. The lowest BCUT2D eigenvalue weighted by Gasteiger charge is -1.97. The van der Waals surface area contributed by atoms with E-state index in [9.17, 15) is 0 Å². The molecule has 0 aliphatic rings. The van der Waals surface area contributed by atoms with E-state index < -0.39 is 0 Å². The second-order valence-electron chi connectivity index (χ2n) is 4.21. The van der Waals surface area contributed by atoms with E-state index in [4.69, 9.17) is 21.9 Å². The van der Waals surface area contributed by atoms with Crippen molar-refractivity contribution in [2.45, 2.75) is 6.92 Å². The van der Waals surface area contributed by atoms with E-state index in [0.29, 0.717) is 16.7 Å². The van der Waals surface area contributed by atoms with Gasteiger partial charge in [-0.25, -0.2) is 0 Å². The van der Waals surface area contributed by atoms with Crippen molar-refractivity contribution in [1.29, 1.82) is 0 Å². The van der Waals surface area contributed by atoms with Gasteiger partial charge in [0.1, 0.15) is 0 Å². The Balaban J connectivity index is 2.01. The zero-order valence-electron chi connectivity index (χ0n) is 10.4. The fraction of sp³-hybridized carbons (Fsp3) is 0.0769. The number of hydrogen-bond donors (Lipinski definition) is 1. The molecular formula is C13H9BrClN3OS. The summed E-state index contributed by atoms with van der Waals surface area (Å²) in [5.74, 6) is 0.994. The van der Waals surface area contributed by atoms with E-state index in [-0.39, 0.29) is 0 Å². The van der Waals surface area contributed by atoms with Crippen LogP contribution in [-0.2, 0) is 0 Å². The lowest BCUT2D eigenvalue weighted by molar-refractivity contribution is 0.433. The highest BCUT2D eigenvalue weighted by Crippen LogP contribution is 2.34. The van der Waals surface area contributed by atoms with Crippen LogP contribution in [0.3, 0.4) is 0 Å². The Morgan fingerprint density at radius 2 is 2.15 bits per heavy atom. The number of nitrogens with zero attached hydrogens (tertiary/aromatic N) is 2. The first-order valence-corrected chi connectivity index (χ1v) is 7.69. The minimum atomic E-state index is 0.477. The van der Waals surface area contributed by atoms with Crippen LogP contribution >= 0.6 is 38.9 Å². The van der Waals surface area contributed by atoms with Gasteiger partial charge >= 0.3 is 0 Å². The fourth-order valence-corrected chi connectivity index (χ4v) is 3.15. The quantitative estimate of drug-likeness (QED) is 0.705. The fourth-order valence-electron chi connectivity index (χ4n) is 1.79. The monoisotopic (exact) mass is 369 g/mol. The van der Waals surface area contributed by atoms with Crippen LogP contribution in [0.4, 0.5) is 5.00 Å². The number of nitrogen functional groups attached to an aromatic ring is 1. The zero-order chi connectivity index (χ0) is 14.3. The van der Waals surface area contributed by atoms with Gasteiger partial charge in [-0.1, -0.05) is 16.8 Å². The van der Waals surface area contributed by atoms with E-state index in [1.54, 1.807) is 6.07 Å². The number of aryl methyl sites for hydroxylation is 1. The standard InChI is InChI=1S/C13H9BrClN3OS/c1-6-4-10(16)20-11(6)13-17-12(18-19-13)7-2-3-9(15)8(14)5-7/h2-5H,16H2,1H3. The average Bonchev–Trinajstić information content (AvgIpc) is 2.99. The van der Waals surface area contributed by atoms with Crippen LogP contribution in [0, 0.1) is 6.92 Å². The maximum absolute atomic E-state index is 5.97. The van der Waals surface area contributed by atoms with Crippen molar-refractivity contribution in [3.8, 4) is 22.2 Å². The highest BCUT2D eigenvalue weighted by molar-refractivity contribution is 9.10. The molecule has 0 saturated carbocycles. The molecule has 2 aromatic heterocycles. The van der Waals surface area contributed by atoms with Crippen LogP contribution < -0.4 is 5.73 Å². The van der Waals surface area contributed by atoms with Crippen molar-refractivity contribution in [3.63, 3.8) is 0 Å². The summed E-state index contributed by atoms with van der Waals surface area (Å²) in [5, 5.41) is 5.37. The molecule has 102 valence electrons. The number of nitrogens with two attached hydrogens (primary N) is 1. The molecule has 7 heteroatoms. The number of halogens is 2. The predicted octanol–water partition coefficient (Wildman–Crippen LogP) is 4.77. The van der Waals surface area contributed by atoms with Crippen LogP contribution in [0.5, 0.6) is 0 Å². The van der Waals surface area contributed by atoms with Gasteiger partial charge in [-0.05, 0) is 52.7 Å². The molecule has 2 N–H and O–H groups in total. The van der Waals surface area contributed by atoms with Crippen LogP contribution in [0.15, 0.2) is 33.3 Å². The summed E-state index contributed by atoms with van der Waals surface area (Å²) >= 11 is 10.8. The third kappa shape index (κ3) is 2.46. The Morgan fingerprint density at radius 1 is 1.35 bits per heavy atom. The van der Waals surface area contributed by atoms with E-state index >= 15 is 0 Å². The molecule has 3 aromatic rings. The molecular weight excluding hydrogens is 362 g/mol. The van der Waals surface area contributed by atoms with Gasteiger partial charge in [0.15, 0.2) is 0 Å². The van der Waals surface area contributed by atoms with Crippen molar-refractivity contribution in [1.82, 2.24) is 10.1 Å². The summed E-state index contributed by atoms with van der Waals surface area (Å²) in [6.45, 7) is 1.96. The minimum Gasteiger partial charge on any atom is -0.391 e. The van der Waals surface area contributed by atoms with Gasteiger partial charge in [0.25, 0.3) is 5.89 Å². The molecule has 0 saturated heterocycles. The highest BCUT2D eigenvalue weighted by atomic mass is 79.9. The largest absolute Gasteiger partial charge is 0.391 e. The van der Waals surface area contributed by atoms with Gasteiger partial charge < -0.3 is 10.3 Å². The third-order valence-electron chi connectivity index (χ3n) is 2.73. The van der Waals surface area contributed by atoms with Crippen molar-refractivity contribution in [2.75, 3.05) is 5.73 Å². The summed E-state index contributed by atoms with van der Waals surface area (Å²) in [6, 6.07) is 7.37. The van der Waals surface area contributed by atoms with Crippen molar-refractivity contribution < 1.29 is 4.52 Å². The number of thiophene rings is 1. The second kappa shape index (κ2) is 5.20. The molecule has 0 aliphatic carbocycles. The van der Waals surface area contributed by atoms with Gasteiger partial charge in [0.05, 0.1) is 14.9 Å². The molecule has 1 aromatic carbocycles. The zero-order valence-corrected chi connectivity index (χ0v) is 13.5. The number of benzene rings is 1. The maximum atomic E-state index is 5.97. The van der Waals surface area contributed by atoms with Gasteiger partial charge in [-0.2, -0.15) is 4.98 Å². The number of rotatable bonds is 2. The molecule has 0 amide bonds. The first kappa shape index (κ1) is 13.6. The van der Waals surface area contributed by atoms with E-state index in [0.717, 1.165) is 25.5 Å². The molecule has 0 radical (unpaired) electrons. The Hall–Kier alpha value is -1.37. The molecule has 0 unspecified atom stereocenters. The summed E-state index contributed by atoms with van der Waals surface area (Å²) in [7, 11) is 0. The normalized spacial score (nSPS) is 10.9. The number of hydrogen-bond acceptors (Lipinski definition) is 5. The third-order valence-corrected chi connectivity index (χ3v) is 5.00. The summed E-state index contributed by atoms with van der Waals surface area (Å²) in [5.41, 5.74) is 7.64. The predicted molar refractivity (Wildman–Crippen MR) is 84.9 cm³/mol. The van der Waals surface area contributed by atoms with Crippen molar-refractivity contribution >= 4 is 43.9 Å². The van der Waals surface area contributed by atoms with Crippen molar-refractivity contribution in [3.05, 3.63) is 39.3 Å². The van der Waals surface area contributed by atoms with Crippen LogP contribution in [-0.4, -0.2) is 10.1 Å². The Kier molecular flexibility index (Phi) is 3.54. The van der Waals surface area contributed by atoms with Gasteiger partial charge in [-0.3, -0.25) is 0 Å². The van der Waals surface area contributed by atoms with Gasteiger partial charge in [-0.15, -0.1) is 11.3 Å². The lowest BCUT2D eigenvalue weighted by atomic mass is 10.2. The van der Waals surface area contributed by atoms with Gasteiger partial charge in [0.2, 0.25) is 5.82 Å². The van der Waals surface area contributed by atoms with Crippen LogP contribution in [0.25, 0.3) is 22.2 Å². The molecule has 0 atom stereocenters. The molecule has 0 aliphatic heterocycles. The van der Waals surface area contributed by atoms with Crippen molar-refractivity contribution in [2.24, 2.45) is 0 Å². The Morgan fingerprint density at radius 3 is 2.80 bits per heavy atom. The minimum absolute atomic E-state index is 0.477. The molecule has 0 fully saturated rings. The highest BCUT2D eigenvalue weighted by Gasteiger charge is 2.15. The van der Waals surface area contributed by atoms with E-state index in [2.05, 4.69) is 26.1 Å². The summed E-state index contributed by atoms with van der Waals surface area (Å²) in [6.07, 6.45) is 0. The molecule has 3 rings (SSSR count). The van der Waals surface area contributed by atoms with E-state index in [1.807, 2.05) is 25.1 Å². The summed E-state index contributed by atoms with van der Waals surface area (Å²) in [4.78, 5) is 5.31. The molecule has 2 heterocycles. The molecule has 0 bridgehead atoms. The van der Waals surface area contributed by atoms with Crippen LogP contribution in [0.1, 0.15) is 5.56 Å². The lowest BCUT2D eigenvalue weighted by Crippen LogP contribution is -1.81. The average molecular weight is 371 g/mol. The Bertz CT molecular complexity index is 784. The number of anilines is 1. The summed E-state index contributed by atoms with van der Waals surface area (Å²) < 4.78 is 6.11. The smallest absolute Gasteiger partial charge is 0.268 e. The first-order valence-electron chi connectivity index (χ1n) is 5.70.